The van der Waals surface area contributed by atoms with Gasteiger partial charge in [0.2, 0.25) is 0 Å². The van der Waals surface area contributed by atoms with Crippen LogP contribution in [0.15, 0.2) is 42.2 Å². The molecule has 0 bridgehead atoms. The summed E-state index contributed by atoms with van der Waals surface area (Å²) in [5.41, 5.74) is 0.761. The molecule has 0 fully saturated rings. The molecule has 8 heteroatoms. The van der Waals surface area contributed by atoms with Crippen molar-refractivity contribution < 1.29 is 18.7 Å². The molecule has 0 spiro atoms. The topological polar surface area (TPSA) is 67.7 Å². The molecule has 1 aliphatic rings. The van der Waals surface area contributed by atoms with E-state index in [4.69, 9.17) is 4.74 Å². The Morgan fingerprint density at radius 3 is 2.48 bits per heavy atom. The lowest BCUT2D eigenvalue weighted by atomic mass is 10.1. The quantitative estimate of drug-likeness (QED) is 0.718. The fourth-order valence-electron chi connectivity index (χ4n) is 3.00. The van der Waals surface area contributed by atoms with Crippen molar-refractivity contribution in [3.8, 4) is 5.69 Å². The molecule has 0 saturated heterocycles. The summed E-state index contributed by atoms with van der Waals surface area (Å²) in [4.78, 5) is 29.1. The minimum absolute atomic E-state index is 0.201. The van der Waals surface area contributed by atoms with Gasteiger partial charge in [-0.15, -0.1) is 5.10 Å². The van der Waals surface area contributed by atoms with Crippen molar-refractivity contribution in [1.29, 1.82) is 0 Å². The Hall–Kier alpha value is -3.16. The van der Waals surface area contributed by atoms with Crippen molar-refractivity contribution in [3.63, 3.8) is 0 Å². The van der Waals surface area contributed by atoms with Gasteiger partial charge in [0, 0.05) is 38.6 Å². The Morgan fingerprint density at radius 1 is 1.24 bits per heavy atom. The Morgan fingerprint density at radius 2 is 1.90 bits per heavy atom. The van der Waals surface area contributed by atoms with Crippen LogP contribution < -0.4 is 4.90 Å². The third-order valence-corrected chi connectivity index (χ3v) is 4.21. The molecule has 0 unspecified atom stereocenters. The zero-order valence-corrected chi connectivity index (χ0v) is 17.3. The van der Waals surface area contributed by atoms with Gasteiger partial charge in [-0.25, -0.2) is 13.9 Å². The van der Waals surface area contributed by atoms with Gasteiger partial charge in [0.1, 0.15) is 11.4 Å². The second-order valence-electron chi connectivity index (χ2n) is 8.12. The Kier molecular flexibility index (Phi) is 5.46. The largest absolute Gasteiger partial charge is 0.443 e. The van der Waals surface area contributed by atoms with Crippen LogP contribution >= 0.6 is 0 Å². The maximum absolute atomic E-state index is 13.3. The summed E-state index contributed by atoms with van der Waals surface area (Å²) in [6, 6.07) is 5.74. The smallest absolute Gasteiger partial charge is 0.416 e. The van der Waals surface area contributed by atoms with Crippen LogP contribution in [-0.4, -0.2) is 52.8 Å². The van der Waals surface area contributed by atoms with Gasteiger partial charge in [-0.1, -0.05) is 0 Å². The number of nitrogens with zero attached hydrogens (tertiary/aromatic N) is 4. The summed E-state index contributed by atoms with van der Waals surface area (Å²) >= 11 is 0. The van der Waals surface area contributed by atoms with E-state index in [1.54, 1.807) is 50.2 Å². The van der Waals surface area contributed by atoms with Crippen LogP contribution in [0.25, 0.3) is 5.69 Å². The Balaban J connectivity index is 2.09. The molecule has 1 aromatic carbocycles. The maximum atomic E-state index is 13.3. The van der Waals surface area contributed by atoms with Crippen LogP contribution in [0.1, 0.15) is 37.6 Å². The second-order valence-corrected chi connectivity index (χ2v) is 8.12. The highest BCUT2D eigenvalue weighted by Crippen LogP contribution is 2.30. The van der Waals surface area contributed by atoms with E-state index in [9.17, 15) is 14.0 Å². The lowest BCUT2D eigenvalue weighted by Crippen LogP contribution is -2.37. The monoisotopic (exact) mass is 400 g/mol. The third-order valence-electron chi connectivity index (χ3n) is 4.21. The van der Waals surface area contributed by atoms with E-state index in [-0.39, 0.29) is 24.0 Å². The number of carbonyl (C=O) groups is 2. The number of ether oxygens (including phenoxy) is 1. The fraction of sp³-hybridized carbons (Fsp3) is 0.381. The number of hydrogen-bond donors (Lipinski definition) is 0. The molecule has 0 radical (unpaired) electrons. The van der Waals surface area contributed by atoms with E-state index in [1.165, 1.54) is 21.7 Å². The van der Waals surface area contributed by atoms with Crippen LogP contribution in [-0.2, 0) is 4.74 Å². The predicted molar refractivity (Wildman–Crippen MR) is 108 cm³/mol. The van der Waals surface area contributed by atoms with Gasteiger partial charge >= 0.3 is 6.09 Å². The highest BCUT2D eigenvalue weighted by molar-refractivity contribution is 6.14. The average Bonchev–Trinajstić information content (AvgIpc) is 2.99. The standard InChI is InChI=1S/C21H25FN4O3/c1-21(2,3)29-20(28)25-11-10-14(12-24(4)5)18(27)17-13-26(23-19(17)25)16-8-6-15(22)7-9-16/h6-9,12-13H,10-11H2,1-5H3. The average molecular weight is 400 g/mol. The van der Waals surface area contributed by atoms with Crippen molar-refractivity contribution in [2.75, 3.05) is 25.5 Å². The van der Waals surface area contributed by atoms with Crippen molar-refractivity contribution in [1.82, 2.24) is 14.7 Å². The van der Waals surface area contributed by atoms with Crippen LogP contribution in [0.2, 0.25) is 0 Å². The van der Waals surface area contributed by atoms with Crippen LogP contribution in [0.3, 0.4) is 0 Å². The SMILES string of the molecule is CN(C)C=C1CCN(C(=O)OC(C)(C)C)c2nn(-c3ccc(F)cc3)cc2C1=O. The highest BCUT2D eigenvalue weighted by Gasteiger charge is 2.34. The van der Waals surface area contributed by atoms with E-state index in [0.29, 0.717) is 23.2 Å². The summed E-state index contributed by atoms with van der Waals surface area (Å²) < 4.78 is 20.3. The molecule has 7 nitrogen and oxygen atoms in total. The summed E-state index contributed by atoms with van der Waals surface area (Å²) in [5.74, 6) is -0.339. The van der Waals surface area contributed by atoms with Gasteiger partial charge in [0.05, 0.1) is 11.3 Å². The first-order valence-electron chi connectivity index (χ1n) is 9.33. The number of carbonyl (C=O) groups excluding carboxylic acids is 2. The number of aromatic nitrogens is 2. The number of Topliss-reactive ketones (excluding diaryl/α,β-unsaturated/α-hetero) is 1. The molecular weight excluding hydrogens is 375 g/mol. The molecule has 2 aromatic rings. The first-order chi connectivity index (χ1) is 13.5. The first kappa shape index (κ1) is 20.6. The summed E-state index contributed by atoms with van der Waals surface area (Å²) in [6.07, 6.45) is 3.13. The molecule has 29 heavy (non-hydrogen) atoms. The molecule has 0 atom stereocenters. The predicted octanol–water partition coefficient (Wildman–Crippen LogP) is 3.78. The lowest BCUT2D eigenvalue weighted by Gasteiger charge is -2.25. The third kappa shape index (κ3) is 4.64. The van der Waals surface area contributed by atoms with E-state index in [0.717, 1.165) is 0 Å². The molecule has 0 N–H and O–H groups in total. The molecule has 0 aliphatic carbocycles. The van der Waals surface area contributed by atoms with Crippen LogP contribution in [0.4, 0.5) is 15.0 Å². The zero-order chi connectivity index (χ0) is 21.3. The van der Waals surface area contributed by atoms with Gasteiger partial charge in [-0.3, -0.25) is 9.69 Å². The summed E-state index contributed by atoms with van der Waals surface area (Å²) in [7, 11) is 3.67. The summed E-state index contributed by atoms with van der Waals surface area (Å²) in [6.45, 7) is 5.60. The summed E-state index contributed by atoms with van der Waals surface area (Å²) in [5, 5.41) is 4.46. The molecular formula is C21H25FN4O3. The number of anilines is 1. The second kappa shape index (κ2) is 7.69. The zero-order valence-electron chi connectivity index (χ0n) is 17.3. The Labute approximate surface area is 169 Å². The maximum Gasteiger partial charge on any atom is 0.416 e. The van der Waals surface area contributed by atoms with Gasteiger partial charge in [0.25, 0.3) is 0 Å². The minimum atomic E-state index is -0.685. The molecule has 3 rings (SSSR count). The lowest BCUT2D eigenvalue weighted by molar-refractivity contribution is 0.0579. The number of halogens is 1. The number of ketones is 1. The van der Waals surface area contributed by atoms with Gasteiger partial charge in [-0.05, 0) is 51.5 Å². The Bertz CT molecular complexity index is 955. The van der Waals surface area contributed by atoms with Gasteiger partial charge in [0.15, 0.2) is 11.6 Å². The van der Waals surface area contributed by atoms with Gasteiger partial charge < -0.3 is 9.64 Å². The number of amides is 1. The van der Waals surface area contributed by atoms with Crippen LogP contribution in [0.5, 0.6) is 0 Å². The normalized spacial score (nSPS) is 15.9. The number of fused-ring (bicyclic) bond motifs is 1. The number of hydrogen-bond acceptors (Lipinski definition) is 5. The molecule has 154 valence electrons. The van der Waals surface area contributed by atoms with E-state index in [1.807, 2.05) is 14.1 Å². The van der Waals surface area contributed by atoms with Crippen molar-refractivity contribution in [3.05, 3.63) is 53.6 Å². The van der Waals surface area contributed by atoms with Crippen LogP contribution in [0, 0.1) is 5.82 Å². The fourth-order valence-corrected chi connectivity index (χ4v) is 3.00. The van der Waals surface area contributed by atoms with E-state index < -0.39 is 11.7 Å². The first-order valence-corrected chi connectivity index (χ1v) is 9.33. The number of benzene rings is 1. The molecule has 0 saturated carbocycles. The highest BCUT2D eigenvalue weighted by atomic mass is 19.1. The number of rotatable bonds is 2. The van der Waals surface area contributed by atoms with Crippen molar-refractivity contribution in [2.45, 2.75) is 32.8 Å². The molecule has 2 heterocycles. The van der Waals surface area contributed by atoms with Crippen molar-refractivity contribution in [2.24, 2.45) is 0 Å². The molecule has 1 amide bonds. The molecule has 1 aromatic heterocycles. The van der Waals surface area contributed by atoms with E-state index in [2.05, 4.69) is 5.10 Å². The van der Waals surface area contributed by atoms with E-state index >= 15 is 0 Å². The molecule has 1 aliphatic heterocycles. The van der Waals surface area contributed by atoms with Crippen molar-refractivity contribution >= 4 is 17.7 Å². The minimum Gasteiger partial charge on any atom is -0.443 e. The van der Waals surface area contributed by atoms with Gasteiger partial charge in [-0.2, -0.15) is 0 Å².